The highest BCUT2D eigenvalue weighted by atomic mass is 16.7. The van der Waals surface area contributed by atoms with E-state index in [2.05, 4.69) is 0 Å². The Bertz CT molecular complexity index is 1490. The van der Waals surface area contributed by atoms with Crippen LogP contribution in [0.2, 0.25) is 0 Å². The molecule has 6 nitrogen and oxygen atoms in total. The van der Waals surface area contributed by atoms with Gasteiger partial charge in [0.25, 0.3) is 11.8 Å². The van der Waals surface area contributed by atoms with E-state index >= 15 is 0 Å². The molecule has 4 aromatic rings. The van der Waals surface area contributed by atoms with Gasteiger partial charge in [0.05, 0.1) is 6.54 Å². The van der Waals surface area contributed by atoms with Crippen LogP contribution in [0.4, 0.5) is 0 Å². The number of hydrogen-bond acceptors (Lipinski definition) is 5. The van der Waals surface area contributed by atoms with Crippen LogP contribution in [0.3, 0.4) is 0 Å². The van der Waals surface area contributed by atoms with Gasteiger partial charge in [0.2, 0.25) is 6.79 Å². The van der Waals surface area contributed by atoms with Crippen molar-refractivity contribution in [3.8, 4) is 23.0 Å². The zero-order valence-electron chi connectivity index (χ0n) is 19.2. The van der Waals surface area contributed by atoms with Gasteiger partial charge in [-0.15, -0.1) is 0 Å². The molecule has 0 unspecified atom stereocenters. The van der Waals surface area contributed by atoms with Crippen LogP contribution in [0.15, 0.2) is 97.1 Å². The zero-order valence-corrected chi connectivity index (χ0v) is 19.2. The van der Waals surface area contributed by atoms with Gasteiger partial charge >= 0.3 is 0 Å². The Hall–Kier alpha value is -4.84. The number of carbonyl (C=O) groups excluding carboxylic acids is 2. The summed E-state index contributed by atoms with van der Waals surface area (Å²) in [6.07, 6.45) is 1.81. The molecule has 2 heterocycles. The summed E-state index contributed by atoms with van der Waals surface area (Å²) in [5, 5.41) is 0. The normalized spacial score (nSPS) is 15.2. The first kappa shape index (κ1) is 21.7. The van der Waals surface area contributed by atoms with E-state index in [4.69, 9.17) is 14.2 Å². The van der Waals surface area contributed by atoms with Crippen molar-refractivity contribution >= 4 is 23.5 Å². The lowest BCUT2D eigenvalue weighted by molar-refractivity contribution is -0.123. The van der Waals surface area contributed by atoms with E-state index in [0.29, 0.717) is 33.9 Å². The topological polar surface area (TPSA) is 65.1 Å². The average molecular weight is 476 g/mol. The summed E-state index contributed by atoms with van der Waals surface area (Å²) in [6, 6.07) is 29.6. The average Bonchev–Trinajstić information content (AvgIpc) is 3.39. The van der Waals surface area contributed by atoms with E-state index < -0.39 is 0 Å². The Morgan fingerprint density at radius 2 is 1.42 bits per heavy atom. The maximum Gasteiger partial charge on any atom is 0.261 e. The maximum absolute atomic E-state index is 13.6. The van der Waals surface area contributed by atoms with Gasteiger partial charge in [-0.25, -0.2) is 0 Å². The van der Waals surface area contributed by atoms with Crippen molar-refractivity contribution in [1.29, 1.82) is 0 Å². The van der Waals surface area contributed by atoms with E-state index in [1.54, 1.807) is 24.3 Å². The summed E-state index contributed by atoms with van der Waals surface area (Å²) in [5.74, 6) is 2.04. The molecule has 2 aliphatic rings. The molecule has 0 spiro atoms. The third-order valence-electron chi connectivity index (χ3n) is 6.12. The number of imide groups is 1. The van der Waals surface area contributed by atoms with Gasteiger partial charge in [-0.3, -0.25) is 14.5 Å². The van der Waals surface area contributed by atoms with Crippen LogP contribution in [0.5, 0.6) is 23.0 Å². The summed E-state index contributed by atoms with van der Waals surface area (Å²) >= 11 is 0. The molecule has 2 aliphatic heterocycles. The van der Waals surface area contributed by atoms with Crippen LogP contribution >= 0.6 is 0 Å². The summed E-state index contributed by atoms with van der Waals surface area (Å²) in [4.78, 5) is 28.2. The van der Waals surface area contributed by atoms with Gasteiger partial charge in [0.1, 0.15) is 11.5 Å². The summed E-state index contributed by atoms with van der Waals surface area (Å²) < 4.78 is 16.7. The maximum atomic E-state index is 13.6. The molecule has 0 saturated heterocycles. The lowest BCUT2D eigenvalue weighted by Crippen LogP contribution is -2.41. The fourth-order valence-corrected chi connectivity index (χ4v) is 4.33. The minimum Gasteiger partial charge on any atom is -0.457 e. The lowest BCUT2D eigenvalue weighted by Gasteiger charge is -2.29. The van der Waals surface area contributed by atoms with Crippen molar-refractivity contribution in [2.75, 3.05) is 6.79 Å². The molecule has 0 aliphatic carbocycles. The molecule has 6 rings (SSSR count). The van der Waals surface area contributed by atoms with Gasteiger partial charge in [-0.2, -0.15) is 0 Å². The van der Waals surface area contributed by atoms with Crippen molar-refractivity contribution in [1.82, 2.24) is 4.90 Å². The van der Waals surface area contributed by atoms with Crippen LogP contribution in [0.25, 0.3) is 11.6 Å². The molecular formula is C30H21NO5. The Kier molecular flexibility index (Phi) is 5.46. The summed E-state index contributed by atoms with van der Waals surface area (Å²) in [5.41, 5.74) is 3.18. The molecule has 0 atom stereocenters. The second kappa shape index (κ2) is 9.07. The fourth-order valence-electron chi connectivity index (χ4n) is 4.33. The number of amides is 2. The highest BCUT2D eigenvalue weighted by Crippen LogP contribution is 2.35. The van der Waals surface area contributed by atoms with Crippen LogP contribution in [0.1, 0.15) is 27.0 Å². The Morgan fingerprint density at radius 3 is 2.22 bits per heavy atom. The molecule has 0 fully saturated rings. The first-order chi connectivity index (χ1) is 17.7. The number of rotatable bonds is 5. The molecule has 176 valence electrons. The SMILES string of the molecule is O=C1/C(=C/c2ccc(Oc3ccccc3)cc2)c2ccccc2C(=O)N1Cc1ccc2c(c1)OCO2. The second-order valence-electron chi connectivity index (χ2n) is 8.47. The molecule has 36 heavy (non-hydrogen) atoms. The first-order valence-electron chi connectivity index (χ1n) is 11.5. The van der Waals surface area contributed by atoms with E-state index in [1.165, 1.54) is 4.90 Å². The van der Waals surface area contributed by atoms with E-state index in [0.717, 1.165) is 16.9 Å². The number of benzene rings is 4. The van der Waals surface area contributed by atoms with Crippen molar-refractivity contribution < 1.29 is 23.8 Å². The molecule has 0 N–H and O–H groups in total. The van der Waals surface area contributed by atoms with E-state index in [9.17, 15) is 9.59 Å². The van der Waals surface area contributed by atoms with Crippen LogP contribution < -0.4 is 14.2 Å². The van der Waals surface area contributed by atoms with Crippen molar-refractivity contribution in [2.45, 2.75) is 6.54 Å². The molecular weight excluding hydrogens is 454 g/mol. The lowest BCUT2D eigenvalue weighted by atomic mass is 9.91. The van der Waals surface area contributed by atoms with Gasteiger partial charge < -0.3 is 14.2 Å². The highest BCUT2D eigenvalue weighted by Gasteiger charge is 2.34. The molecule has 0 radical (unpaired) electrons. The quantitative estimate of drug-likeness (QED) is 0.264. The third-order valence-corrected chi connectivity index (χ3v) is 6.12. The predicted octanol–water partition coefficient (Wildman–Crippen LogP) is 5.93. The van der Waals surface area contributed by atoms with Gasteiger partial charge in [0, 0.05) is 11.1 Å². The zero-order chi connectivity index (χ0) is 24.5. The molecule has 0 bridgehead atoms. The van der Waals surface area contributed by atoms with Gasteiger partial charge in [-0.1, -0.05) is 54.6 Å². The number of para-hydroxylation sites is 1. The number of ether oxygens (including phenoxy) is 3. The molecule has 2 amide bonds. The summed E-state index contributed by atoms with van der Waals surface area (Å²) in [7, 11) is 0. The molecule has 6 heteroatoms. The summed E-state index contributed by atoms with van der Waals surface area (Å²) in [6.45, 7) is 0.291. The van der Waals surface area contributed by atoms with Gasteiger partial charge in [0.15, 0.2) is 11.5 Å². The highest BCUT2D eigenvalue weighted by molar-refractivity contribution is 6.33. The molecule has 4 aromatic carbocycles. The standard InChI is InChI=1S/C30H21NO5/c32-29-25-9-5-4-8-24(25)26(16-20-10-13-23(14-11-20)36-22-6-2-1-3-7-22)30(33)31(29)18-21-12-15-27-28(17-21)35-19-34-27/h1-17H,18-19H2/b26-16+. The second-order valence-corrected chi connectivity index (χ2v) is 8.47. The minimum absolute atomic E-state index is 0.129. The van der Waals surface area contributed by atoms with E-state index in [1.807, 2.05) is 78.9 Å². The van der Waals surface area contributed by atoms with Crippen molar-refractivity contribution in [3.63, 3.8) is 0 Å². The number of nitrogens with zero attached hydrogens (tertiary/aromatic N) is 1. The molecule has 0 saturated carbocycles. The number of hydrogen-bond donors (Lipinski definition) is 0. The first-order valence-corrected chi connectivity index (χ1v) is 11.5. The number of fused-ring (bicyclic) bond motifs is 2. The number of carbonyl (C=O) groups is 2. The predicted molar refractivity (Wildman–Crippen MR) is 135 cm³/mol. The van der Waals surface area contributed by atoms with Crippen LogP contribution in [-0.2, 0) is 11.3 Å². The smallest absolute Gasteiger partial charge is 0.261 e. The van der Waals surface area contributed by atoms with Gasteiger partial charge in [-0.05, 0) is 65.2 Å². The largest absolute Gasteiger partial charge is 0.457 e. The van der Waals surface area contributed by atoms with Crippen molar-refractivity contribution in [3.05, 3.63) is 119 Å². The van der Waals surface area contributed by atoms with Crippen molar-refractivity contribution in [2.24, 2.45) is 0 Å². The molecule has 0 aromatic heterocycles. The fraction of sp³-hybridized carbons (Fsp3) is 0.0667. The van der Waals surface area contributed by atoms with Crippen LogP contribution in [0, 0.1) is 0 Å². The van der Waals surface area contributed by atoms with Crippen LogP contribution in [-0.4, -0.2) is 23.5 Å². The third kappa shape index (κ3) is 4.09. The monoisotopic (exact) mass is 475 g/mol. The Balaban J connectivity index is 1.31. The Morgan fingerprint density at radius 1 is 0.722 bits per heavy atom. The Labute approximate surface area is 208 Å². The van der Waals surface area contributed by atoms with E-state index in [-0.39, 0.29) is 25.2 Å². The minimum atomic E-state index is -0.346.